The number of methoxy groups -OCH3 is 1. The second-order valence-electron chi connectivity index (χ2n) is 6.97. The van der Waals surface area contributed by atoms with Gasteiger partial charge in [-0.1, -0.05) is 18.2 Å². The number of nitrogens with zero attached hydrogens (tertiary/aromatic N) is 1. The minimum atomic E-state index is -0.194. The van der Waals surface area contributed by atoms with Crippen LogP contribution in [0.3, 0.4) is 0 Å². The van der Waals surface area contributed by atoms with E-state index in [2.05, 4.69) is 4.98 Å². The van der Waals surface area contributed by atoms with E-state index in [9.17, 15) is 9.59 Å². The van der Waals surface area contributed by atoms with Gasteiger partial charge in [0.15, 0.2) is 0 Å². The Hall–Kier alpha value is -2.89. The molecule has 6 heteroatoms. The number of aromatic nitrogens is 1. The van der Waals surface area contributed by atoms with E-state index in [-0.39, 0.29) is 30.4 Å². The number of ether oxygens (including phenoxy) is 3. The second-order valence-corrected chi connectivity index (χ2v) is 6.97. The summed E-state index contributed by atoms with van der Waals surface area (Å²) in [5.74, 6) is 0.147. The van der Waals surface area contributed by atoms with Crippen molar-refractivity contribution in [3.05, 3.63) is 59.9 Å². The van der Waals surface area contributed by atoms with E-state index in [4.69, 9.17) is 14.2 Å². The van der Waals surface area contributed by atoms with Crippen LogP contribution in [-0.4, -0.2) is 24.0 Å². The van der Waals surface area contributed by atoms with Crippen LogP contribution in [-0.2, 0) is 32.3 Å². The molecule has 6 nitrogen and oxygen atoms in total. The van der Waals surface area contributed by atoms with Gasteiger partial charge in [0.25, 0.3) is 0 Å². The smallest absolute Gasteiger partial charge is 0.309 e. The molecule has 0 amide bonds. The van der Waals surface area contributed by atoms with Crippen LogP contribution < -0.4 is 4.74 Å². The first kappa shape index (κ1) is 19.9. The molecule has 0 saturated heterocycles. The second kappa shape index (κ2) is 9.88. The predicted octanol–water partition coefficient (Wildman–Crippen LogP) is 3.68. The maximum atomic E-state index is 12.3. The highest BCUT2D eigenvalue weighted by atomic mass is 16.5. The predicted molar refractivity (Wildman–Crippen MR) is 102 cm³/mol. The van der Waals surface area contributed by atoms with Gasteiger partial charge in [0.05, 0.1) is 18.9 Å². The minimum Gasteiger partial charge on any atom is -0.489 e. The van der Waals surface area contributed by atoms with Crippen molar-refractivity contribution in [3.63, 3.8) is 0 Å². The number of pyridine rings is 1. The maximum absolute atomic E-state index is 12.3. The topological polar surface area (TPSA) is 74.7 Å². The molecule has 1 fully saturated rings. The van der Waals surface area contributed by atoms with Crippen LogP contribution in [0.1, 0.15) is 36.8 Å². The molecular formula is C22H25NO5. The molecule has 0 radical (unpaired) electrons. The van der Waals surface area contributed by atoms with E-state index in [1.807, 2.05) is 36.4 Å². The molecule has 0 aliphatic heterocycles. The summed E-state index contributed by atoms with van der Waals surface area (Å²) in [5, 5.41) is 0. The lowest BCUT2D eigenvalue weighted by Gasteiger charge is -2.25. The molecule has 0 bridgehead atoms. The van der Waals surface area contributed by atoms with Crippen molar-refractivity contribution in [2.75, 3.05) is 7.11 Å². The van der Waals surface area contributed by atoms with Gasteiger partial charge in [0, 0.05) is 18.0 Å². The fourth-order valence-electron chi connectivity index (χ4n) is 3.34. The third-order valence-electron chi connectivity index (χ3n) is 5.03. The Morgan fingerprint density at radius 1 is 0.929 bits per heavy atom. The zero-order chi connectivity index (χ0) is 19.8. The largest absolute Gasteiger partial charge is 0.489 e. The van der Waals surface area contributed by atoms with Crippen LogP contribution in [0.4, 0.5) is 0 Å². The van der Waals surface area contributed by atoms with Gasteiger partial charge in [-0.05, 0) is 49.4 Å². The minimum absolute atomic E-state index is 0.0896. The van der Waals surface area contributed by atoms with Crippen molar-refractivity contribution in [2.24, 2.45) is 11.8 Å². The fourth-order valence-corrected chi connectivity index (χ4v) is 3.34. The third-order valence-corrected chi connectivity index (χ3v) is 5.03. The molecule has 1 aromatic carbocycles. The third kappa shape index (κ3) is 5.55. The Morgan fingerprint density at radius 2 is 1.61 bits per heavy atom. The molecule has 1 aliphatic rings. The highest BCUT2D eigenvalue weighted by Gasteiger charge is 2.31. The van der Waals surface area contributed by atoms with Gasteiger partial charge < -0.3 is 14.2 Å². The van der Waals surface area contributed by atoms with E-state index in [1.54, 1.807) is 12.4 Å². The van der Waals surface area contributed by atoms with Crippen LogP contribution in [0.15, 0.2) is 48.8 Å². The Balaban J connectivity index is 1.41. The lowest BCUT2D eigenvalue weighted by Crippen LogP contribution is -2.27. The van der Waals surface area contributed by atoms with Gasteiger partial charge >= 0.3 is 11.9 Å². The van der Waals surface area contributed by atoms with Gasteiger partial charge in [0.1, 0.15) is 19.0 Å². The Bertz CT molecular complexity index is 767. The van der Waals surface area contributed by atoms with Crippen LogP contribution in [0, 0.1) is 11.8 Å². The van der Waals surface area contributed by atoms with E-state index >= 15 is 0 Å². The number of hydrogen-bond donors (Lipinski definition) is 0. The van der Waals surface area contributed by atoms with Crippen molar-refractivity contribution >= 4 is 11.9 Å². The molecule has 0 N–H and O–H groups in total. The van der Waals surface area contributed by atoms with Crippen molar-refractivity contribution in [1.29, 1.82) is 0 Å². The number of carbonyl (C=O) groups is 2. The fraction of sp³-hybridized carbons (Fsp3) is 0.409. The lowest BCUT2D eigenvalue weighted by atomic mass is 9.82. The summed E-state index contributed by atoms with van der Waals surface area (Å²) in [6.07, 6.45) is 6.18. The summed E-state index contributed by atoms with van der Waals surface area (Å²) in [5.41, 5.74) is 1.91. The molecule has 0 atom stereocenters. The molecule has 1 heterocycles. The standard InChI is InChI=1S/C22H25NO5/c1-26-21(24)18-6-8-19(9-7-18)22(25)28-14-16-4-10-20(11-5-16)27-15-17-3-2-12-23-13-17/h2-5,10-13,18-19H,6-9,14-15H2,1H3. The van der Waals surface area contributed by atoms with E-state index in [1.165, 1.54) is 7.11 Å². The molecule has 0 spiro atoms. The molecule has 28 heavy (non-hydrogen) atoms. The molecule has 2 aromatic rings. The van der Waals surface area contributed by atoms with Crippen LogP contribution in [0.2, 0.25) is 0 Å². The van der Waals surface area contributed by atoms with Gasteiger partial charge in [-0.25, -0.2) is 0 Å². The first-order chi connectivity index (χ1) is 13.7. The van der Waals surface area contributed by atoms with Crippen LogP contribution in [0.5, 0.6) is 5.75 Å². The number of rotatable bonds is 7. The molecule has 3 rings (SSSR count). The Kier molecular flexibility index (Phi) is 7.00. The monoisotopic (exact) mass is 383 g/mol. The SMILES string of the molecule is COC(=O)C1CCC(C(=O)OCc2ccc(OCc3cccnc3)cc2)CC1. The molecular weight excluding hydrogens is 358 g/mol. The van der Waals surface area contributed by atoms with Gasteiger partial charge in [-0.3, -0.25) is 14.6 Å². The lowest BCUT2D eigenvalue weighted by molar-refractivity contribution is -0.154. The Labute approximate surface area is 164 Å². The summed E-state index contributed by atoms with van der Waals surface area (Å²) in [6.45, 7) is 0.690. The molecule has 1 aromatic heterocycles. The summed E-state index contributed by atoms with van der Waals surface area (Å²) in [4.78, 5) is 27.9. The quantitative estimate of drug-likeness (QED) is 0.679. The van der Waals surface area contributed by atoms with Crippen molar-refractivity contribution < 1.29 is 23.8 Å². The average Bonchev–Trinajstić information content (AvgIpc) is 2.77. The summed E-state index contributed by atoms with van der Waals surface area (Å²) in [6, 6.07) is 11.3. The summed E-state index contributed by atoms with van der Waals surface area (Å²) >= 11 is 0. The van der Waals surface area contributed by atoms with Gasteiger partial charge in [-0.15, -0.1) is 0 Å². The normalized spacial score (nSPS) is 18.9. The van der Waals surface area contributed by atoms with E-state index < -0.39 is 0 Å². The van der Waals surface area contributed by atoms with Crippen LogP contribution >= 0.6 is 0 Å². The zero-order valence-electron chi connectivity index (χ0n) is 16.0. The first-order valence-corrected chi connectivity index (χ1v) is 9.51. The van der Waals surface area contributed by atoms with Crippen molar-refractivity contribution in [2.45, 2.75) is 38.9 Å². The van der Waals surface area contributed by atoms with Crippen molar-refractivity contribution in [3.8, 4) is 5.75 Å². The number of carbonyl (C=O) groups excluding carboxylic acids is 2. The number of hydrogen-bond acceptors (Lipinski definition) is 6. The highest BCUT2D eigenvalue weighted by molar-refractivity contribution is 5.75. The van der Waals surface area contributed by atoms with Gasteiger partial charge in [-0.2, -0.15) is 0 Å². The molecule has 148 valence electrons. The van der Waals surface area contributed by atoms with E-state index in [0.29, 0.717) is 32.3 Å². The van der Waals surface area contributed by atoms with E-state index in [0.717, 1.165) is 16.9 Å². The maximum Gasteiger partial charge on any atom is 0.309 e. The summed E-state index contributed by atoms with van der Waals surface area (Å²) < 4.78 is 15.9. The summed E-state index contributed by atoms with van der Waals surface area (Å²) in [7, 11) is 1.40. The number of esters is 2. The molecule has 1 saturated carbocycles. The Morgan fingerprint density at radius 3 is 2.21 bits per heavy atom. The molecule has 1 aliphatic carbocycles. The van der Waals surface area contributed by atoms with Crippen molar-refractivity contribution in [1.82, 2.24) is 4.98 Å². The highest BCUT2D eigenvalue weighted by Crippen LogP contribution is 2.30. The first-order valence-electron chi connectivity index (χ1n) is 9.51. The van der Waals surface area contributed by atoms with Gasteiger partial charge in [0.2, 0.25) is 0 Å². The zero-order valence-corrected chi connectivity index (χ0v) is 16.0. The average molecular weight is 383 g/mol. The molecule has 0 unspecified atom stereocenters. The van der Waals surface area contributed by atoms with Crippen LogP contribution in [0.25, 0.3) is 0 Å². The number of benzene rings is 1.